The van der Waals surface area contributed by atoms with E-state index in [4.69, 9.17) is 27.9 Å². The number of hydrogen-bond acceptors (Lipinski definition) is 0. The predicted octanol–water partition coefficient (Wildman–Crippen LogP) is 15.5. The molecule has 0 saturated heterocycles. The van der Waals surface area contributed by atoms with Crippen molar-refractivity contribution in [2.24, 2.45) is 0 Å². The van der Waals surface area contributed by atoms with Crippen molar-refractivity contribution in [1.82, 2.24) is 0 Å². The van der Waals surface area contributed by atoms with Crippen LogP contribution in [-0.4, -0.2) is 8.07 Å². The summed E-state index contributed by atoms with van der Waals surface area (Å²) in [4.78, 5) is 0. The van der Waals surface area contributed by atoms with Crippen molar-refractivity contribution < 1.29 is 14.7 Å². The molecule has 0 aliphatic rings. The minimum absolute atomic E-state index is 0.325. The van der Waals surface area contributed by atoms with Gasteiger partial charge in [-0.05, 0) is 111 Å². The molecular formula is C68H61Cl3SiTi. The summed E-state index contributed by atoms with van der Waals surface area (Å²) in [6.45, 7) is 4.79. The Balaban J connectivity index is 0.00000158. The van der Waals surface area contributed by atoms with E-state index >= 15 is 0 Å². The Morgan fingerprint density at radius 2 is 0.534 bits per heavy atom. The summed E-state index contributed by atoms with van der Waals surface area (Å²) < 4.78 is 0. The molecule has 10 rings (SSSR count). The zero-order valence-electron chi connectivity index (χ0n) is 41.7. The van der Waals surface area contributed by atoms with Gasteiger partial charge >= 0.3 is 42.6 Å². The second-order valence-corrected chi connectivity index (χ2v) is 31.1. The summed E-state index contributed by atoms with van der Waals surface area (Å²) in [6, 6.07) is 97.0. The van der Waals surface area contributed by atoms with E-state index in [9.17, 15) is 0 Å². The molecule has 0 aromatic heterocycles. The fourth-order valence-electron chi connectivity index (χ4n) is 10.8. The van der Waals surface area contributed by atoms with Crippen LogP contribution in [0.25, 0.3) is 0 Å². The minimum atomic E-state index is -3.25. The molecule has 10 aromatic carbocycles. The van der Waals surface area contributed by atoms with E-state index in [1.807, 2.05) is 0 Å². The average molecular weight is 1060 g/mol. The first-order chi connectivity index (χ1) is 35.7. The standard InChI is InChI=1S/C68H61Si.3ClH.Ti/c1-51(2)67-34-21-35-68(67)69(64-45-58(36-52-22-9-3-10-23-52)42-59(46-64)37-53-24-11-4-12-25-53,65-47-60(38-54-26-13-5-14-27-54)43-61(48-65)39-55-28-15-6-16-29-55)66-49-62(40-56-30-17-7-18-31-56)44-63(50-66)41-57-32-19-8-20-33-57;;;;/h3-35,42-51H,36-41H2,1-2H3;3*1H;/q-1;;;;+4/p-3. The van der Waals surface area contributed by atoms with E-state index in [0.29, 0.717) is 5.92 Å². The molecule has 0 nitrogen and oxygen atoms in total. The topological polar surface area (TPSA) is 0 Å². The molecule has 0 radical (unpaired) electrons. The van der Waals surface area contributed by atoms with Crippen LogP contribution in [0.5, 0.6) is 0 Å². The van der Waals surface area contributed by atoms with E-state index in [1.165, 1.54) is 93.1 Å². The molecule has 0 aliphatic carbocycles. The third kappa shape index (κ3) is 13.9. The zero-order valence-corrected chi connectivity index (χ0v) is 46.5. The van der Waals surface area contributed by atoms with Crippen LogP contribution in [-0.2, 0) is 53.2 Å². The van der Waals surface area contributed by atoms with E-state index in [-0.39, 0.29) is 0 Å². The van der Waals surface area contributed by atoms with Gasteiger partial charge in [0, 0.05) is 0 Å². The van der Waals surface area contributed by atoms with Gasteiger partial charge in [0.25, 0.3) is 0 Å². The van der Waals surface area contributed by atoms with Gasteiger partial charge in [-0.3, -0.25) is 0 Å². The van der Waals surface area contributed by atoms with Gasteiger partial charge in [0.05, 0.1) is 0 Å². The monoisotopic (exact) mass is 1060 g/mol. The Labute approximate surface area is 453 Å². The molecule has 0 spiro atoms. The van der Waals surface area contributed by atoms with Crippen molar-refractivity contribution in [1.29, 1.82) is 0 Å². The second kappa shape index (κ2) is 25.4. The Morgan fingerprint density at radius 3 is 0.740 bits per heavy atom. The second-order valence-electron chi connectivity index (χ2n) is 19.6. The Morgan fingerprint density at radius 1 is 0.315 bits per heavy atom. The summed E-state index contributed by atoms with van der Waals surface area (Å²) in [5.41, 5.74) is 17.5. The van der Waals surface area contributed by atoms with Crippen molar-refractivity contribution in [2.75, 3.05) is 0 Å². The molecule has 0 fully saturated rings. The third-order valence-corrected chi connectivity index (χ3v) is 18.6. The number of benzene rings is 9. The van der Waals surface area contributed by atoms with Crippen LogP contribution >= 0.6 is 27.9 Å². The number of halogens is 3. The summed E-state index contributed by atoms with van der Waals surface area (Å²) >= 11 is -1.92. The predicted molar refractivity (Wildman–Crippen MR) is 313 cm³/mol. The molecule has 362 valence electrons. The Kier molecular flexibility index (Phi) is 18.1. The number of hydrogen-bond donors (Lipinski definition) is 0. The van der Waals surface area contributed by atoms with Gasteiger partial charge in [0.2, 0.25) is 0 Å². The molecule has 0 N–H and O–H groups in total. The normalized spacial score (nSPS) is 11.3. The van der Waals surface area contributed by atoms with Crippen molar-refractivity contribution in [3.63, 3.8) is 0 Å². The van der Waals surface area contributed by atoms with Crippen LogP contribution in [0, 0.1) is 0 Å². The van der Waals surface area contributed by atoms with E-state index in [0.717, 1.165) is 38.5 Å². The van der Waals surface area contributed by atoms with Crippen molar-refractivity contribution >= 4 is 56.7 Å². The molecule has 10 aromatic rings. The van der Waals surface area contributed by atoms with Gasteiger partial charge in [-0.1, -0.05) is 266 Å². The first-order valence-corrected chi connectivity index (χ1v) is 33.9. The fraction of sp³-hybridized carbons (Fsp3) is 0.132. The van der Waals surface area contributed by atoms with Crippen molar-refractivity contribution in [2.45, 2.75) is 58.3 Å². The van der Waals surface area contributed by atoms with Crippen LogP contribution in [0.3, 0.4) is 0 Å². The Bertz CT molecular complexity index is 2790. The van der Waals surface area contributed by atoms with Gasteiger partial charge in [-0.2, -0.15) is 11.6 Å². The maximum absolute atomic E-state index is 4.97. The molecule has 5 heteroatoms. The van der Waals surface area contributed by atoms with Crippen LogP contribution < -0.4 is 20.7 Å². The van der Waals surface area contributed by atoms with Crippen molar-refractivity contribution in [3.05, 3.63) is 327 Å². The first-order valence-electron chi connectivity index (χ1n) is 25.4. The fourth-order valence-corrected chi connectivity index (χ4v) is 16.3. The van der Waals surface area contributed by atoms with Crippen molar-refractivity contribution in [3.8, 4) is 0 Å². The van der Waals surface area contributed by atoms with E-state index in [2.05, 4.69) is 269 Å². The summed E-state index contributed by atoms with van der Waals surface area (Å²) in [5.74, 6) is 0.325. The summed E-state index contributed by atoms with van der Waals surface area (Å²) in [5, 5.41) is 5.82. The van der Waals surface area contributed by atoms with Crippen LogP contribution in [0.4, 0.5) is 0 Å². The molecule has 0 amide bonds. The van der Waals surface area contributed by atoms with Gasteiger partial charge in [0.15, 0.2) is 0 Å². The molecule has 0 bridgehead atoms. The van der Waals surface area contributed by atoms with Crippen LogP contribution in [0.2, 0.25) is 0 Å². The van der Waals surface area contributed by atoms with Gasteiger partial charge in [-0.15, -0.1) is 5.19 Å². The van der Waals surface area contributed by atoms with Gasteiger partial charge in [0.1, 0.15) is 8.07 Å². The summed E-state index contributed by atoms with van der Waals surface area (Å²) in [7, 11) is 11.7. The zero-order chi connectivity index (χ0) is 50.4. The maximum atomic E-state index is 4.97. The molecule has 0 atom stereocenters. The molecular weight excluding hydrogens is 999 g/mol. The van der Waals surface area contributed by atoms with E-state index < -0.39 is 22.8 Å². The molecule has 0 aliphatic heterocycles. The van der Waals surface area contributed by atoms with Crippen LogP contribution in [0.15, 0.2) is 255 Å². The van der Waals surface area contributed by atoms with E-state index in [1.54, 1.807) is 0 Å². The van der Waals surface area contributed by atoms with Crippen LogP contribution in [0.1, 0.15) is 92.1 Å². The molecule has 0 unspecified atom stereocenters. The molecule has 73 heavy (non-hydrogen) atoms. The van der Waals surface area contributed by atoms with Gasteiger partial charge < -0.3 is 0 Å². The summed E-state index contributed by atoms with van der Waals surface area (Å²) in [6.07, 6.45) is 5.16. The quantitative estimate of drug-likeness (QED) is 0.0484. The third-order valence-electron chi connectivity index (χ3n) is 13.8. The van der Waals surface area contributed by atoms with Gasteiger partial charge in [-0.25, -0.2) is 12.1 Å². The Hall–Kier alpha value is -5.87. The number of rotatable bonds is 17. The molecule has 0 heterocycles. The average Bonchev–Trinajstić information content (AvgIpc) is 3.90. The SMILES string of the molecule is CC(C)c1ccc[c-]1[Si](c1cc(Cc2ccccc2)cc(Cc2ccccc2)c1)(c1cc(Cc2ccccc2)cc(Cc2ccccc2)c1)c1cc(Cc2ccccc2)cc(Cc2ccccc2)c1.[Cl][Ti+]([Cl])[Cl]. The molecule has 0 saturated carbocycles. The first kappa shape index (κ1) is 52.0.